The Bertz CT molecular complexity index is 2320. The molecular weight excluding hydrogens is 508 g/mol. The highest BCUT2D eigenvalue weighted by atomic mass is 14.7. The zero-order valence-electron chi connectivity index (χ0n) is 22.8. The molecule has 2 nitrogen and oxygen atoms in total. The van der Waals surface area contributed by atoms with Gasteiger partial charge in [0.1, 0.15) is 11.8 Å². The Morgan fingerprint density at radius 2 is 0.857 bits per heavy atom. The molecule has 8 rings (SSSR count). The van der Waals surface area contributed by atoms with E-state index in [2.05, 4.69) is 138 Å². The molecule has 7 aromatic carbocycles. The van der Waals surface area contributed by atoms with Gasteiger partial charge in [0.25, 0.3) is 0 Å². The second-order valence-corrected chi connectivity index (χ2v) is 10.7. The summed E-state index contributed by atoms with van der Waals surface area (Å²) in [7, 11) is 0. The maximum atomic E-state index is 9.34. The summed E-state index contributed by atoms with van der Waals surface area (Å²) in [5, 5.41) is 19.1. The van der Waals surface area contributed by atoms with Crippen LogP contribution in [0.25, 0.3) is 76.5 Å². The average Bonchev–Trinajstić information content (AvgIpc) is 3.06. The van der Waals surface area contributed by atoms with E-state index in [0.717, 1.165) is 16.5 Å². The SMILES string of the molecule is N#Cc1cc(-c2ccc3ccc(-c4c5ccccc5c(-c5ccc6ccccc6c5)c5ccccc45)cc3c2)ccn1. The minimum absolute atomic E-state index is 0.422. The second kappa shape index (κ2) is 9.70. The molecule has 0 atom stereocenters. The van der Waals surface area contributed by atoms with E-state index in [1.165, 1.54) is 60.0 Å². The topological polar surface area (TPSA) is 36.7 Å². The molecule has 1 heterocycles. The molecule has 0 bridgehead atoms. The minimum atomic E-state index is 0.422. The van der Waals surface area contributed by atoms with E-state index in [9.17, 15) is 5.26 Å². The van der Waals surface area contributed by atoms with Gasteiger partial charge in [-0.15, -0.1) is 0 Å². The number of fused-ring (bicyclic) bond motifs is 4. The monoisotopic (exact) mass is 532 g/mol. The fourth-order valence-electron chi connectivity index (χ4n) is 6.35. The molecule has 194 valence electrons. The van der Waals surface area contributed by atoms with Crippen LogP contribution in [0.3, 0.4) is 0 Å². The molecule has 0 radical (unpaired) electrons. The predicted octanol–water partition coefficient (Wildman–Crippen LogP) is 10.6. The lowest BCUT2D eigenvalue weighted by atomic mass is 9.85. The van der Waals surface area contributed by atoms with Crippen LogP contribution >= 0.6 is 0 Å². The van der Waals surface area contributed by atoms with Gasteiger partial charge in [0.05, 0.1) is 0 Å². The highest BCUT2D eigenvalue weighted by Gasteiger charge is 2.17. The Morgan fingerprint density at radius 1 is 0.405 bits per heavy atom. The molecule has 0 aliphatic heterocycles. The van der Waals surface area contributed by atoms with Crippen molar-refractivity contribution in [1.82, 2.24) is 4.98 Å². The summed E-state index contributed by atoms with van der Waals surface area (Å²) in [6, 6.07) is 52.1. The van der Waals surface area contributed by atoms with Crippen LogP contribution in [0.4, 0.5) is 0 Å². The van der Waals surface area contributed by atoms with Crippen molar-refractivity contribution in [3.8, 4) is 39.4 Å². The van der Waals surface area contributed by atoms with E-state index in [-0.39, 0.29) is 0 Å². The Hall–Kier alpha value is -5.78. The normalized spacial score (nSPS) is 11.3. The first-order valence-corrected chi connectivity index (χ1v) is 14.1. The van der Waals surface area contributed by atoms with Gasteiger partial charge in [0.15, 0.2) is 0 Å². The molecular formula is C40H24N2. The third-order valence-electron chi connectivity index (χ3n) is 8.31. The molecule has 8 aromatic rings. The largest absolute Gasteiger partial charge is 0.246 e. The number of hydrogen-bond acceptors (Lipinski definition) is 2. The van der Waals surface area contributed by atoms with Crippen molar-refractivity contribution < 1.29 is 0 Å². The summed E-state index contributed by atoms with van der Waals surface area (Å²) in [5.74, 6) is 0. The highest BCUT2D eigenvalue weighted by molar-refractivity contribution is 6.22. The van der Waals surface area contributed by atoms with Crippen LogP contribution in [-0.2, 0) is 0 Å². The fraction of sp³-hybridized carbons (Fsp3) is 0. The first kappa shape index (κ1) is 24.1. The molecule has 2 heteroatoms. The molecule has 42 heavy (non-hydrogen) atoms. The van der Waals surface area contributed by atoms with Crippen molar-refractivity contribution >= 4 is 43.1 Å². The first-order chi connectivity index (χ1) is 20.8. The maximum absolute atomic E-state index is 9.34. The number of rotatable bonds is 3. The Morgan fingerprint density at radius 3 is 1.45 bits per heavy atom. The lowest BCUT2D eigenvalue weighted by Gasteiger charge is -2.18. The third kappa shape index (κ3) is 3.91. The summed E-state index contributed by atoms with van der Waals surface area (Å²) < 4.78 is 0. The Labute approximate surface area is 243 Å². The van der Waals surface area contributed by atoms with Gasteiger partial charge >= 0.3 is 0 Å². The van der Waals surface area contributed by atoms with Gasteiger partial charge in [-0.05, 0) is 107 Å². The van der Waals surface area contributed by atoms with Gasteiger partial charge in [-0.2, -0.15) is 5.26 Å². The molecule has 0 spiro atoms. The predicted molar refractivity (Wildman–Crippen MR) is 175 cm³/mol. The Kier molecular flexibility index (Phi) is 5.55. The molecule has 0 saturated carbocycles. The minimum Gasteiger partial charge on any atom is -0.246 e. The standard InChI is InChI=1S/C40H24N2/c41-25-34-24-30(19-20-42-34)29-16-13-27-15-18-32(23-33(27)22-29)40-37-11-5-3-9-35(37)39(36-10-4-6-12-38(36)40)31-17-14-26-7-1-2-8-28(26)21-31/h1-24H. The summed E-state index contributed by atoms with van der Waals surface area (Å²) in [4.78, 5) is 4.14. The van der Waals surface area contributed by atoms with Gasteiger partial charge in [-0.1, -0.05) is 109 Å². The Balaban J connectivity index is 1.38. The fourth-order valence-corrected chi connectivity index (χ4v) is 6.35. The number of nitrogens with zero attached hydrogens (tertiary/aromatic N) is 2. The van der Waals surface area contributed by atoms with E-state index in [4.69, 9.17) is 0 Å². The molecule has 0 amide bonds. The van der Waals surface area contributed by atoms with Crippen LogP contribution in [0, 0.1) is 11.3 Å². The number of pyridine rings is 1. The van der Waals surface area contributed by atoms with Crippen molar-refractivity contribution in [2.24, 2.45) is 0 Å². The van der Waals surface area contributed by atoms with Gasteiger partial charge < -0.3 is 0 Å². The second-order valence-electron chi connectivity index (χ2n) is 10.7. The van der Waals surface area contributed by atoms with Crippen molar-refractivity contribution in [1.29, 1.82) is 5.26 Å². The van der Waals surface area contributed by atoms with Gasteiger partial charge in [-0.25, -0.2) is 4.98 Å². The van der Waals surface area contributed by atoms with Crippen LogP contribution in [0.1, 0.15) is 5.69 Å². The number of nitriles is 1. The third-order valence-corrected chi connectivity index (χ3v) is 8.31. The summed E-state index contributed by atoms with van der Waals surface area (Å²) in [5.41, 5.74) is 7.41. The van der Waals surface area contributed by atoms with Crippen LogP contribution in [0.15, 0.2) is 146 Å². The summed E-state index contributed by atoms with van der Waals surface area (Å²) in [6.45, 7) is 0. The van der Waals surface area contributed by atoms with Crippen molar-refractivity contribution in [2.75, 3.05) is 0 Å². The molecule has 0 fully saturated rings. The van der Waals surface area contributed by atoms with Gasteiger partial charge in [0, 0.05) is 6.20 Å². The zero-order valence-corrected chi connectivity index (χ0v) is 22.8. The zero-order chi connectivity index (χ0) is 28.0. The summed E-state index contributed by atoms with van der Waals surface area (Å²) >= 11 is 0. The summed E-state index contributed by atoms with van der Waals surface area (Å²) in [6.07, 6.45) is 1.70. The van der Waals surface area contributed by atoms with Crippen LogP contribution < -0.4 is 0 Å². The van der Waals surface area contributed by atoms with Crippen LogP contribution in [0.2, 0.25) is 0 Å². The van der Waals surface area contributed by atoms with Crippen molar-refractivity contribution in [2.45, 2.75) is 0 Å². The molecule has 0 saturated heterocycles. The lowest BCUT2D eigenvalue weighted by molar-refractivity contribution is 1.27. The van der Waals surface area contributed by atoms with Crippen LogP contribution in [0.5, 0.6) is 0 Å². The smallest absolute Gasteiger partial charge is 0.141 e. The maximum Gasteiger partial charge on any atom is 0.141 e. The van der Waals surface area contributed by atoms with E-state index in [0.29, 0.717) is 5.69 Å². The van der Waals surface area contributed by atoms with Crippen LogP contribution in [-0.4, -0.2) is 4.98 Å². The lowest BCUT2D eigenvalue weighted by Crippen LogP contribution is -1.91. The molecule has 0 unspecified atom stereocenters. The van der Waals surface area contributed by atoms with Gasteiger partial charge in [0.2, 0.25) is 0 Å². The molecule has 0 N–H and O–H groups in total. The van der Waals surface area contributed by atoms with Crippen molar-refractivity contribution in [3.63, 3.8) is 0 Å². The van der Waals surface area contributed by atoms with E-state index in [1.807, 2.05) is 12.1 Å². The van der Waals surface area contributed by atoms with E-state index >= 15 is 0 Å². The molecule has 1 aromatic heterocycles. The number of aromatic nitrogens is 1. The van der Waals surface area contributed by atoms with E-state index in [1.54, 1.807) is 6.20 Å². The number of benzene rings is 7. The molecule has 0 aliphatic rings. The molecule has 0 aliphatic carbocycles. The quantitative estimate of drug-likeness (QED) is 0.212. The van der Waals surface area contributed by atoms with E-state index < -0.39 is 0 Å². The van der Waals surface area contributed by atoms with Crippen molar-refractivity contribution in [3.05, 3.63) is 151 Å². The highest BCUT2D eigenvalue weighted by Crippen LogP contribution is 2.44. The number of hydrogen-bond donors (Lipinski definition) is 0. The van der Waals surface area contributed by atoms with Gasteiger partial charge in [-0.3, -0.25) is 0 Å². The average molecular weight is 533 g/mol. The first-order valence-electron chi connectivity index (χ1n) is 14.1.